The Bertz CT molecular complexity index is 1930. The van der Waals surface area contributed by atoms with Crippen LogP contribution in [-0.2, 0) is 9.53 Å². The molecule has 1 aliphatic rings. The van der Waals surface area contributed by atoms with Crippen molar-refractivity contribution in [2.24, 2.45) is 0 Å². The van der Waals surface area contributed by atoms with Crippen LogP contribution in [0.4, 0.5) is 0 Å². The summed E-state index contributed by atoms with van der Waals surface area (Å²) in [5.74, 6) is 2.78. The molecule has 0 aliphatic carbocycles. The van der Waals surface area contributed by atoms with Crippen molar-refractivity contribution in [1.82, 2.24) is 19.9 Å². The predicted octanol–water partition coefficient (Wildman–Crippen LogP) is 4.05. The van der Waals surface area contributed by atoms with E-state index in [0.717, 1.165) is 66.1 Å². The molecular formula is C31H30N4O5. The molecular weight excluding hydrogens is 508 g/mol. The van der Waals surface area contributed by atoms with Gasteiger partial charge in [0.25, 0.3) is 0 Å². The Kier molecular flexibility index (Phi) is 6.34. The molecule has 0 spiro atoms. The third-order valence-electron chi connectivity index (χ3n) is 7.49. The number of pyridine rings is 1. The highest BCUT2D eigenvalue weighted by Gasteiger charge is 2.23. The molecule has 0 fully saturated rings. The lowest BCUT2D eigenvalue weighted by Gasteiger charge is -2.22. The summed E-state index contributed by atoms with van der Waals surface area (Å²) >= 11 is 0. The van der Waals surface area contributed by atoms with Crippen molar-refractivity contribution in [2.75, 3.05) is 35.0 Å². The molecule has 0 radical (unpaired) electrons. The lowest BCUT2D eigenvalue weighted by Crippen LogP contribution is -2.41. The number of carbonyl (C=O) groups is 1. The zero-order valence-electron chi connectivity index (χ0n) is 22.9. The van der Waals surface area contributed by atoms with Crippen LogP contribution < -0.4 is 24.8 Å². The first kappa shape index (κ1) is 25.4. The minimum absolute atomic E-state index is 0.0463. The number of nitrogens with one attached hydrogen (secondary N) is 2. The number of aromatic amines is 2. The fourth-order valence-corrected chi connectivity index (χ4v) is 5.53. The minimum Gasteiger partial charge on any atom is -0.498 e. The molecule has 9 heteroatoms. The summed E-state index contributed by atoms with van der Waals surface area (Å²) in [6.07, 6.45) is 4.22. The molecule has 40 heavy (non-hydrogen) atoms. The molecule has 5 aromatic rings. The third-order valence-corrected chi connectivity index (χ3v) is 7.49. The lowest BCUT2D eigenvalue weighted by atomic mass is 10.0. The summed E-state index contributed by atoms with van der Waals surface area (Å²) < 4.78 is 22.4. The van der Waals surface area contributed by atoms with Gasteiger partial charge in [0.15, 0.2) is 0 Å². The van der Waals surface area contributed by atoms with Crippen LogP contribution in [0.15, 0.2) is 49.2 Å². The largest absolute Gasteiger partial charge is 0.498 e. The molecule has 1 amide bonds. The van der Waals surface area contributed by atoms with Crippen molar-refractivity contribution >= 4 is 56.1 Å². The quantitative estimate of drug-likeness (QED) is 0.309. The van der Waals surface area contributed by atoms with Gasteiger partial charge in [0, 0.05) is 28.6 Å². The van der Waals surface area contributed by atoms with E-state index in [0.29, 0.717) is 24.4 Å². The molecule has 4 heterocycles. The molecule has 9 nitrogen and oxygen atoms in total. The summed E-state index contributed by atoms with van der Waals surface area (Å²) in [7, 11) is 6.53. The van der Waals surface area contributed by atoms with Gasteiger partial charge in [0.1, 0.15) is 23.0 Å². The molecule has 2 N–H and O–H groups in total. The number of methoxy groups -OCH3 is 4. The van der Waals surface area contributed by atoms with Crippen molar-refractivity contribution < 1.29 is 23.7 Å². The number of fused-ring (bicyclic) bond motifs is 6. The zero-order chi connectivity index (χ0) is 28.0. The van der Waals surface area contributed by atoms with Crippen LogP contribution in [0.1, 0.15) is 18.5 Å². The number of rotatable bonds is 8. The number of allylic oxidation sites excluding steroid dienone is 1. The molecule has 0 unspecified atom stereocenters. The van der Waals surface area contributed by atoms with Crippen molar-refractivity contribution in [3.05, 3.63) is 65.4 Å². The van der Waals surface area contributed by atoms with Gasteiger partial charge in [0.05, 0.1) is 74.2 Å². The fraction of sp³-hybridized carbons (Fsp3) is 0.226. The minimum atomic E-state index is -0.0463. The first-order valence-corrected chi connectivity index (χ1v) is 12.9. The SMILES string of the molecule is C=C(CCC(=O)N1C=c2[nH]c3c(OC)cccc3c2=C(OC)C1)c1ncc(OC)c2c1[nH]c1c(OC)cccc12. The van der Waals surface area contributed by atoms with E-state index in [1.165, 1.54) is 0 Å². The van der Waals surface area contributed by atoms with E-state index in [1.54, 1.807) is 39.5 Å². The molecule has 0 saturated carbocycles. The van der Waals surface area contributed by atoms with Gasteiger partial charge in [0.2, 0.25) is 5.91 Å². The molecule has 1 aliphatic heterocycles. The van der Waals surface area contributed by atoms with E-state index in [2.05, 4.69) is 21.5 Å². The number of aromatic nitrogens is 3. The Morgan fingerprint density at radius 3 is 2.23 bits per heavy atom. The summed E-state index contributed by atoms with van der Waals surface area (Å²) in [4.78, 5) is 26.6. The highest BCUT2D eigenvalue weighted by molar-refractivity contribution is 6.14. The van der Waals surface area contributed by atoms with Gasteiger partial charge < -0.3 is 33.8 Å². The molecule has 6 rings (SSSR count). The van der Waals surface area contributed by atoms with Crippen molar-refractivity contribution in [1.29, 1.82) is 0 Å². The normalized spacial score (nSPS) is 12.9. The van der Waals surface area contributed by atoms with Crippen LogP contribution in [-0.4, -0.2) is 60.7 Å². The topological polar surface area (TPSA) is 102 Å². The van der Waals surface area contributed by atoms with E-state index in [4.69, 9.17) is 18.9 Å². The van der Waals surface area contributed by atoms with E-state index < -0.39 is 0 Å². The maximum Gasteiger partial charge on any atom is 0.227 e. The van der Waals surface area contributed by atoms with Crippen LogP contribution >= 0.6 is 0 Å². The first-order chi connectivity index (χ1) is 19.5. The van der Waals surface area contributed by atoms with Crippen LogP contribution in [0.25, 0.3) is 50.2 Å². The van der Waals surface area contributed by atoms with Crippen LogP contribution in [0.5, 0.6) is 17.2 Å². The number of nitrogens with zero attached hydrogens (tertiary/aromatic N) is 2. The predicted molar refractivity (Wildman–Crippen MR) is 156 cm³/mol. The monoisotopic (exact) mass is 538 g/mol. The van der Waals surface area contributed by atoms with Gasteiger partial charge in [-0.25, -0.2) is 0 Å². The molecule has 0 saturated heterocycles. The maximum atomic E-state index is 13.4. The Morgan fingerprint density at radius 2 is 1.55 bits per heavy atom. The molecule has 3 aromatic heterocycles. The van der Waals surface area contributed by atoms with Gasteiger partial charge in [-0.2, -0.15) is 0 Å². The van der Waals surface area contributed by atoms with Crippen LogP contribution in [0.3, 0.4) is 0 Å². The standard InChI is InChI=1S/C31H30N4O5/c1-17(28-31-27(23(39-4)14-32-28)19-9-7-11-22(38-3)30(19)34-31)12-13-25(36)35-15-20-26(24(16-35)40-5)18-8-6-10-21(37-2)29(18)33-20/h6-11,14-15,33-34H,1,12-13,16H2,2-5H3. The van der Waals surface area contributed by atoms with Crippen molar-refractivity contribution in [3.8, 4) is 17.2 Å². The second kappa shape index (κ2) is 10.00. The number of hydrogen-bond acceptors (Lipinski definition) is 6. The Labute approximate surface area is 230 Å². The highest BCUT2D eigenvalue weighted by atomic mass is 16.5. The summed E-state index contributed by atoms with van der Waals surface area (Å²) in [6, 6.07) is 11.7. The number of para-hydroxylation sites is 2. The van der Waals surface area contributed by atoms with Crippen molar-refractivity contribution in [3.63, 3.8) is 0 Å². The van der Waals surface area contributed by atoms with Gasteiger partial charge in [-0.15, -0.1) is 0 Å². The molecule has 0 bridgehead atoms. The summed E-state index contributed by atoms with van der Waals surface area (Å²) in [6.45, 7) is 4.63. The van der Waals surface area contributed by atoms with Crippen LogP contribution in [0, 0.1) is 0 Å². The summed E-state index contributed by atoms with van der Waals surface area (Å²) in [5, 5.41) is 4.62. The second-order valence-electron chi connectivity index (χ2n) is 9.61. The Balaban J connectivity index is 1.30. The first-order valence-electron chi connectivity index (χ1n) is 12.9. The van der Waals surface area contributed by atoms with Gasteiger partial charge in [-0.3, -0.25) is 9.78 Å². The Hall–Kier alpha value is -4.92. The smallest absolute Gasteiger partial charge is 0.227 e. The molecule has 0 atom stereocenters. The average Bonchev–Trinajstić information content (AvgIpc) is 3.57. The number of amides is 1. The lowest BCUT2D eigenvalue weighted by molar-refractivity contribution is -0.127. The number of carbonyl (C=O) groups excluding carboxylic acids is 1. The van der Waals surface area contributed by atoms with Crippen molar-refractivity contribution in [2.45, 2.75) is 12.8 Å². The average molecular weight is 539 g/mol. The highest BCUT2D eigenvalue weighted by Crippen LogP contribution is 2.39. The van der Waals surface area contributed by atoms with Gasteiger partial charge >= 0.3 is 0 Å². The second-order valence-corrected chi connectivity index (χ2v) is 9.61. The fourth-order valence-electron chi connectivity index (χ4n) is 5.53. The Morgan fingerprint density at radius 1 is 0.875 bits per heavy atom. The summed E-state index contributed by atoms with van der Waals surface area (Å²) in [5.41, 5.74) is 3.96. The van der Waals surface area contributed by atoms with Gasteiger partial charge in [-0.05, 0) is 24.1 Å². The number of H-pyrrole nitrogens is 2. The maximum absolute atomic E-state index is 13.4. The van der Waals surface area contributed by atoms with E-state index in [1.807, 2.05) is 42.6 Å². The van der Waals surface area contributed by atoms with Crippen LogP contribution in [0.2, 0.25) is 0 Å². The van der Waals surface area contributed by atoms with E-state index >= 15 is 0 Å². The van der Waals surface area contributed by atoms with Gasteiger partial charge in [-0.1, -0.05) is 30.8 Å². The molecule has 204 valence electrons. The number of benzene rings is 2. The van der Waals surface area contributed by atoms with E-state index in [-0.39, 0.29) is 12.3 Å². The van der Waals surface area contributed by atoms with E-state index in [9.17, 15) is 4.79 Å². The molecule has 2 aromatic carbocycles. The third kappa shape index (κ3) is 3.93. The number of ether oxygens (including phenoxy) is 4. The number of hydrogen-bond donors (Lipinski definition) is 2. The zero-order valence-corrected chi connectivity index (χ0v) is 22.9.